The van der Waals surface area contributed by atoms with E-state index in [0.29, 0.717) is 5.56 Å². The standard InChI is InChI=1S/C15H11N5O/c21-15(9-1-3-13-10(5-9)7-16-19-13)18-12-2-4-14-11(6-12)8-17-20-14/h1-8H,(H,16,19)(H,17,20)(H,18,21). The van der Waals surface area contributed by atoms with E-state index in [1.54, 1.807) is 18.5 Å². The second kappa shape index (κ2) is 4.45. The number of anilines is 1. The Bertz CT molecular complexity index is 953. The van der Waals surface area contributed by atoms with Crippen LogP contribution in [0.3, 0.4) is 0 Å². The van der Waals surface area contributed by atoms with Gasteiger partial charge >= 0.3 is 0 Å². The number of fused-ring (bicyclic) bond motifs is 2. The minimum absolute atomic E-state index is 0.152. The molecule has 21 heavy (non-hydrogen) atoms. The first-order chi connectivity index (χ1) is 10.3. The highest BCUT2D eigenvalue weighted by Gasteiger charge is 2.08. The number of benzene rings is 2. The van der Waals surface area contributed by atoms with Gasteiger partial charge in [0.2, 0.25) is 0 Å². The van der Waals surface area contributed by atoms with Crippen LogP contribution in [-0.2, 0) is 0 Å². The number of H-pyrrole nitrogens is 2. The van der Waals surface area contributed by atoms with Crippen molar-refractivity contribution in [2.45, 2.75) is 0 Å². The van der Waals surface area contributed by atoms with Crippen molar-refractivity contribution in [3.8, 4) is 0 Å². The average molecular weight is 277 g/mol. The van der Waals surface area contributed by atoms with Crippen LogP contribution in [0, 0.1) is 0 Å². The Morgan fingerprint density at radius 2 is 1.57 bits per heavy atom. The summed E-state index contributed by atoms with van der Waals surface area (Å²) in [5.41, 5.74) is 3.18. The van der Waals surface area contributed by atoms with Crippen LogP contribution in [-0.4, -0.2) is 26.3 Å². The fraction of sp³-hybridized carbons (Fsp3) is 0. The molecule has 1 amide bonds. The van der Waals surface area contributed by atoms with Gasteiger partial charge in [-0.25, -0.2) is 0 Å². The zero-order valence-electron chi connectivity index (χ0n) is 10.9. The first-order valence-corrected chi connectivity index (χ1v) is 6.47. The van der Waals surface area contributed by atoms with E-state index < -0.39 is 0 Å². The molecule has 4 rings (SSSR count). The topological polar surface area (TPSA) is 86.5 Å². The highest BCUT2D eigenvalue weighted by atomic mass is 16.1. The normalized spacial score (nSPS) is 11.0. The minimum Gasteiger partial charge on any atom is -0.322 e. The maximum atomic E-state index is 12.3. The molecule has 2 aromatic heterocycles. The molecule has 2 aromatic carbocycles. The van der Waals surface area contributed by atoms with Gasteiger partial charge in [-0.1, -0.05) is 0 Å². The van der Waals surface area contributed by atoms with Gasteiger partial charge in [0.25, 0.3) is 5.91 Å². The molecular formula is C15H11N5O. The molecule has 6 heteroatoms. The van der Waals surface area contributed by atoms with Crippen molar-refractivity contribution < 1.29 is 4.79 Å². The number of carbonyl (C=O) groups is 1. The van der Waals surface area contributed by atoms with Crippen molar-refractivity contribution >= 4 is 33.4 Å². The molecule has 6 nitrogen and oxygen atoms in total. The van der Waals surface area contributed by atoms with E-state index in [9.17, 15) is 4.79 Å². The van der Waals surface area contributed by atoms with Crippen molar-refractivity contribution in [1.82, 2.24) is 20.4 Å². The number of carbonyl (C=O) groups excluding carboxylic acids is 1. The summed E-state index contributed by atoms with van der Waals surface area (Å²) in [6, 6.07) is 11.0. The highest BCUT2D eigenvalue weighted by molar-refractivity contribution is 6.06. The van der Waals surface area contributed by atoms with E-state index in [-0.39, 0.29) is 5.91 Å². The lowest BCUT2D eigenvalue weighted by atomic mass is 10.1. The zero-order valence-corrected chi connectivity index (χ0v) is 10.9. The van der Waals surface area contributed by atoms with Crippen LogP contribution in [0.4, 0.5) is 5.69 Å². The molecule has 0 bridgehead atoms. The smallest absolute Gasteiger partial charge is 0.255 e. The van der Waals surface area contributed by atoms with Crippen molar-refractivity contribution in [2.75, 3.05) is 5.32 Å². The molecule has 0 unspecified atom stereocenters. The molecular weight excluding hydrogens is 266 g/mol. The Balaban J connectivity index is 1.64. The van der Waals surface area contributed by atoms with Gasteiger partial charge in [-0.15, -0.1) is 0 Å². The summed E-state index contributed by atoms with van der Waals surface area (Å²) in [4.78, 5) is 12.3. The van der Waals surface area contributed by atoms with Crippen LogP contribution in [0.5, 0.6) is 0 Å². The number of aromatic nitrogens is 4. The molecule has 0 aliphatic heterocycles. The van der Waals surface area contributed by atoms with Crippen molar-refractivity contribution in [3.63, 3.8) is 0 Å². The van der Waals surface area contributed by atoms with Crippen LogP contribution < -0.4 is 5.32 Å². The summed E-state index contributed by atoms with van der Waals surface area (Å²) in [5.74, 6) is -0.152. The molecule has 0 fully saturated rings. The van der Waals surface area contributed by atoms with E-state index >= 15 is 0 Å². The Morgan fingerprint density at radius 3 is 2.33 bits per heavy atom. The maximum absolute atomic E-state index is 12.3. The number of rotatable bonds is 2. The van der Waals surface area contributed by atoms with Crippen LogP contribution >= 0.6 is 0 Å². The van der Waals surface area contributed by atoms with Gasteiger partial charge in [0.05, 0.1) is 23.4 Å². The predicted molar refractivity (Wildman–Crippen MR) is 80.1 cm³/mol. The third-order valence-corrected chi connectivity index (χ3v) is 3.40. The summed E-state index contributed by atoms with van der Waals surface area (Å²) >= 11 is 0. The molecule has 4 aromatic rings. The Hall–Kier alpha value is -3.15. The maximum Gasteiger partial charge on any atom is 0.255 e. The van der Waals surface area contributed by atoms with E-state index in [4.69, 9.17) is 0 Å². The van der Waals surface area contributed by atoms with E-state index in [1.807, 2.05) is 30.3 Å². The largest absolute Gasteiger partial charge is 0.322 e. The summed E-state index contributed by atoms with van der Waals surface area (Å²) < 4.78 is 0. The zero-order chi connectivity index (χ0) is 14.2. The molecule has 2 heterocycles. The van der Waals surface area contributed by atoms with Gasteiger partial charge in [0, 0.05) is 22.0 Å². The van der Waals surface area contributed by atoms with Crippen molar-refractivity contribution in [3.05, 3.63) is 54.4 Å². The first kappa shape index (κ1) is 11.7. The van der Waals surface area contributed by atoms with Gasteiger partial charge in [0.15, 0.2) is 0 Å². The fourth-order valence-corrected chi connectivity index (χ4v) is 2.31. The van der Waals surface area contributed by atoms with Gasteiger partial charge < -0.3 is 5.32 Å². The molecule has 102 valence electrons. The van der Waals surface area contributed by atoms with Gasteiger partial charge in [-0.3, -0.25) is 15.0 Å². The number of aromatic amines is 2. The van der Waals surface area contributed by atoms with Gasteiger partial charge in [-0.2, -0.15) is 10.2 Å². The second-order valence-electron chi connectivity index (χ2n) is 4.80. The third kappa shape index (κ3) is 2.02. The molecule has 0 aliphatic rings. The highest BCUT2D eigenvalue weighted by Crippen LogP contribution is 2.18. The van der Waals surface area contributed by atoms with Gasteiger partial charge in [-0.05, 0) is 36.4 Å². The summed E-state index contributed by atoms with van der Waals surface area (Å²) in [6.07, 6.45) is 3.42. The molecule has 0 atom stereocenters. The number of amides is 1. The summed E-state index contributed by atoms with van der Waals surface area (Å²) in [6.45, 7) is 0. The molecule has 0 radical (unpaired) electrons. The molecule has 3 N–H and O–H groups in total. The molecule has 0 saturated heterocycles. The number of hydrogen-bond donors (Lipinski definition) is 3. The Morgan fingerprint density at radius 1 is 0.905 bits per heavy atom. The second-order valence-corrected chi connectivity index (χ2v) is 4.80. The van der Waals surface area contributed by atoms with Crippen LogP contribution in [0.15, 0.2) is 48.8 Å². The monoisotopic (exact) mass is 277 g/mol. The lowest BCUT2D eigenvalue weighted by Crippen LogP contribution is -2.11. The quantitative estimate of drug-likeness (QED) is 0.526. The van der Waals surface area contributed by atoms with E-state index in [2.05, 4.69) is 25.7 Å². The Kier molecular flexibility index (Phi) is 2.47. The minimum atomic E-state index is -0.152. The molecule has 0 saturated carbocycles. The SMILES string of the molecule is O=C(Nc1ccc2[nH]ncc2c1)c1ccc2[nH]ncc2c1. The van der Waals surface area contributed by atoms with Crippen molar-refractivity contribution in [2.24, 2.45) is 0 Å². The number of nitrogens with zero attached hydrogens (tertiary/aromatic N) is 2. The van der Waals surface area contributed by atoms with Crippen LogP contribution in [0.2, 0.25) is 0 Å². The summed E-state index contributed by atoms with van der Waals surface area (Å²) in [7, 11) is 0. The van der Waals surface area contributed by atoms with E-state index in [0.717, 1.165) is 27.5 Å². The first-order valence-electron chi connectivity index (χ1n) is 6.47. The molecule has 0 spiro atoms. The third-order valence-electron chi connectivity index (χ3n) is 3.40. The Labute approximate surface area is 119 Å². The lowest BCUT2D eigenvalue weighted by Gasteiger charge is -2.05. The summed E-state index contributed by atoms with van der Waals surface area (Å²) in [5, 5.41) is 18.4. The van der Waals surface area contributed by atoms with Crippen LogP contribution in [0.1, 0.15) is 10.4 Å². The number of hydrogen-bond acceptors (Lipinski definition) is 3. The van der Waals surface area contributed by atoms with Crippen molar-refractivity contribution in [1.29, 1.82) is 0 Å². The molecule has 0 aliphatic carbocycles. The predicted octanol–water partition coefficient (Wildman–Crippen LogP) is 2.69. The fourth-order valence-electron chi connectivity index (χ4n) is 2.31. The number of nitrogens with one attached hydrogen (secondary N) is 3. The average Bonchev–Trinajstić information content (AvgIpc) is 3.14. The lowest BCUT2D eigenvalue weighted by molar-refractivity contribution is 0.102. The van der Waals surface area contributed by atoms with E-state index in [1.165, 1.54) is 0 Å². The van der Waals surface area contributed by atoms with Crippen LogP contribution in [0.25, 0.3) is 21.8 Å². The van der Waals surface area contributed by atoms with Gasteiger partial charge in [0.1, 0.15) is 0 Å².